The van der Waals surface area contributed by atoms with Gasteiger partial charge in [0.2, 0.25) is 5.82 Å². The molecule has 2 N–H and O–H groups in total. The second-order valence-electron chi connectivity index (χ2n) is 5.43. The van der Waals surface area contributed by atoms with Crippen molar-refractivity contribution in [2.75, 3.05) is 0 Å². The number of aromatic amines is 1. The topological polar surface area (TPSA) is 79.6 Å². The van der Waals surface area contributed by atoms with Crippen LogP contribution >= 0.6 is 0 Å². The highest BCUT2D eigenvalue weighted by Gasteiger charge is 2.07. The molecule has 4 rings (SSSR count). The van der Waals surface area contributed by atoms with Crippen LogP contribution < -0.4 is 0 Å². The largest absolute Gasteiger partial charge is 0.392 e. The van der Waals surface area contributed by atoms with E-state index in [1.165, 1.54) is 5.56 Å². The van der Waals surface area contributed by atoms with E-state index in [-0.39, 0.29) is 6.61 Å². The second-order valence-corrected chi connectivity index (χ2v) is 5.43. The van der Waals surface area contributed by atoms with E-state index in [1.807, 2.05) is 30.3 Å². The highest BCUT2D eigenvalue weighted by Crippen LogP contribution is 2.23. The van der Waals surface area contributed by atoms with E-state index in [0.717, 1.165) is 28.6 Å². The van der Waals surface area contributed by atoms with Crippen molar-refractivity contribution in [1.29, 1.82) is 0 Å². The Labute approximate surface area is 132 Å². The van der Waals surface area contributed by atoms with Crippen molar-refractivity contribution in [3.8, 4) is 11.4 Å². The van der Waals surface area contributed by atoms with Crippen molar-refractivity contribution in [2.45, 2.75) is 13.2 Å². The van der Waals surface area contributed by atoms with E-state index in [9.17, 15) is 0 Å². The average molecular weight is 305 g/mol. The van der Waals surface area contributed by atoms with E-state index in [2.05, 4.69) is 49.6 Å². The van der Waals surface area contributed by atoms with Gasteiger partial charge in [-0.1, -0.05) is 24.3 Å². The Hall–Kier alpha value is -2.99. The molecule has 0 radical (unpaired) electrons. The molecular formula is C17H15N5O. The molecule has 0 atom stereocenters. The van der Waals surface area contributed by atoms with Crippen molar-refractivity contribution < 1.29 is 5.11 Å². The van der Waals surface area contributed by atoms with Crippen LogP contribution in [0.25, 0.3) is 22.3 Å². The van der Waals surface area contributed by atoms with Gasteiger partial charge in [-0.2, -0.15) is 5.21 Å². The number of aliphatic hydroxyl groups is 1. The van der Waals surface area contributed by atoms with Crippen molar-refractivity contribution in [2.24, 2.45) is 0 Å². The fourth-order valence-electron chi connectivity index (χ4n) is 2.71. The molecule has 0 spiro atoms. The summed E-state index contributed by atoms with van der Waals surface area (Å²) in [4.78, 5) is 0. The molecule has 2 aromatic carbocycles. The Morgan fingerprint density at radius 3 is 2.57 bits per heavy atom. The van der Waals surface area contributed by atoms with E-state index >= 15 is 0 Å². The Kier molecular flexibility index (Phi) is 3.36. The highest BCUT2D eigenvalue weighted by molar-refractivity contribution is 5.84. The maximum Gasteiger partial charge on any atom is 0.204 e. The summed E-state index contributed by atoms with van der Waals surface area (Å²) < 4.78 is 2.20. The van der Waals surface area contributed by atoms with E-state index in [0.29, 0.717) is 5.82 Å². The van der Waals surface area contributed by atoms with Crippen LogP contribution in [0.3, 0.4) is 0 Å². The lowest BCUT2D eigenvalue weighted by atomic mass is 10.1. The summed E-state index contributed by atoms with van der Waals surface area (Å²) in [6.45, 7) is 0.863. The number of benzene rings is 2. The highest BCUT2D eigenvalue weighted by atomic mass is 16.3. The number of aliphatic hydroxyl groups excluding tert-OH is 1. The minimum atomic E-state index is 0.0750. The van der Waals surface area contributed by atoms with Crippen molar-refractivity contribution in [3.63, 3.8) is 0 Å². The summed E-state index contributed by atoms with van der Waals surface area (Å²) in [5.41, 5.74) is 4.22. The van der Waals surface area contributed by atoms with Gasteiger partial charge in [0, 0.05) is 29.2 Å². The molecular weight excluding hydrogens is 290 g/mol. The normalized spacial score (nSPS) is 11.2. The van der Waals surface area contributed by atoms with E-state index in [4.69, 9.17) is 5.11 Å². The number of nitrogens with one attached hydrogen (secondary N) is 1. The van der Waals surface area contributed by atoms with Crippen LogP contribution in [0.4, 0.5) is 0 Å². The van der Waals surface area contributed by atoms with Gasteiger partial charge >= 0.3 is 0 Å². The number of hydrogen-bond donors (Lipinski definition) is 2. The summed E-state index contributed by atoms with van der Waals surface area (Å²) in [5.74, 6) is 0.597. The fourth-order valence-corrected chi connectivity index (χ4v) is 2.71. The summed E-state index contributed by atoms with van der Waals surface area (Å²) in [6.07, 6.45) is 2.07. The van der Waals surface area contributed by atoms with Crippen LogP contribution in [-0.4, -0.2) is 30.3 Å². The standard InChI is InChI=1S/C17H15N5O/c23-11-13-3-1-12(2-4-13)10-22-8-7-14-9-15(5-6-16(14)22)17-18-20-21-19-17/h1-9,23H,10-11H2,(H,18,19,20,21). The Balaban J connectivity index is 1.65. The summed E-state index contributed by atoms with van der Waals surface area (Å²) in [5, 5.41) is 24.3. The van der Waals surface area contributed by atoms with Gasteiger partial charge < -0.3 is 9.67 Å². The Morgan fingerprint density at radius 2 is 1.83 bits per heavy atom. The molecule has 0 aliphatic rings. The van der Waals surface area contributed by atoms with Gasteiger partial charge in [0.15, 0.2) is 0 Å². The maximum atomic E-state index is 9.11. The van der Waals surface area contributed by atoms with Gasteiger partial charge in [-0.3, -0.25) is 0 Å². The summed E-state index contributed by atoms with van der Waals surface area (Å²) >= 11 is 0. The molecule has 4 aromatic rings. The second kappa shape index (κ2) is 5.66. The SMILES string of the molecule is OCc1ccc(Cn2ccc3cc(-c4nn[nH]n4)ccc32)cc1. The molecule has 0 aliphatic heterocycles. The number of rotatable bonds is 4. The maximum absolute atomic E-state index is 9.11. The number of H-pyrrole nitrogens is 1. The van der Waals surface area contributed by atoms with Crippen LogP contribution in [0.5, 0.6) is 0 Å². The molecule has 0 aliphatic carbocycles. The molecule has 2 heterocycles. The zero-order chi connectivity index (χ0) is 15.6. The van der Waals surface area contributed by atoms with Gasteiger partial charge in [0.25, 0.3) is 0 Å². The van der Waals surface area contributed by atoms with Crippen LogP contribution in [0.15, 0.2) is 54.7 Å². The third-order valence-corrected chi connectivity index (χ3v) is 3.93. The number of aromatic nitrogens is 5. The molecule has 23 heavy (non-hydrogen) atoms. The number of hydrogen-bond acceptors (Lipinski definition) is 4. The van der Waals surface area contributed by atoms with Crippen molar-refractivity contribution in [1.82, 2.24) is 25.2 Å². The zero-order valence-corrected chi connectivity index (χ0v) is 12.3. The monoisotopic (exact) mass is 305 g/mol. The first-order chi connectivity index (χ1) is 11.3. The van der Waals surface area contributed by atoms with E-state index < -0.39 is 0 Å². The molecule has 114 valence electrons. The first kappa shape index (κ1) is 13.7. The first-order valence-electron chi connectivity index (χ1n) is 7.35. The molecule has 6 nitrogen and oxygen atoms in total. The van der Waals surface area contributed by atoms with Crippen molar-refractivity contribution >= 4 is 10.9 Å². The fraction of sp³-hybridized carbons (Fsp3) is 0.118. The summed E-state index contributed by atoms with van der Waals surface area (Å²) in [7, 11) is 0. The predicted octanol–water partition coefficient (Wildman–Crippen LogP) is 2.36. The summed E-state index contributed by atoms with van der Waals surface area (Å²) in [6, 6.07) is 16.2. The van der Waals surface area contributed by atoms with Crippen LogP contribution in [-0.2, 0) is 13.2 Å². The molecule has 0 amide bonds. The van der Waals surface area contributed by atoms with Gasteiger partial charge in [-0.15, -0.1) is 10.2 Å². The van der Waals surface area contributed by atoms with Gasteiger partial charge in [-0.05, 0) is 40.6 Å². The average Bonchev–Trinajstić information content (AvgIpc) is 3.25. The lowest BCUT2D eigenvalue weighted by Gasteiger charge is -2.07. The Morgan fingerprint density at radius 1 is 1.00 bits per heavy atom. The van der Waals surface area contributed by atoms with Gasteiger partial charge in [-0.25, -0.2) is 0 Å². The van der Waals surface area contributed by atoms with Crippen molar-refractivity contribution in [3.05, 3.63) is 65.9 Å². The molecule has 0 saturated heterocycles. The quantitative estimate of drug-likeness (QED) is 0.606. The molecule has 0 saturated carbocycles. The number of tetrazole rings is 1. The predicted molar refractivity (Wildman–Crippen MR) is 86.6 cm³/mol. The van der Waals surface area contributed by atoms with Gasteiger partial charge in [0.05, 0.1) is 6.61 Å². The molecule has 6 heteroatoms. The van der Waals surface area contributed by atoms with Gasteiger partial charge in [0.1, 0.15) is 0 Å². The minimum Gasteiger partial charge on any atom is -0.392 e. The van der Waals surface area contributed by atoms with E-state index in [1.54, 1.807) is 0 Å². The molecule has 2 aromatic heterocycles. The van der Waals surface area contributed by atoms with Crippen LogP contribution in [0.1, 0.15) is 11.1 Å². The third kappa shape index (κ3) is 2.60. The van der Waals surface area contributed by atoms with Crippen LogP contribution in [0.2, 0.25) is 0 Å². The molecule has 0 bridgehead atoms. The lowest BCUT2D eigenvalue weighted by Crippen LogP contribution is -1.98. The third-order valence-electron chi connectivity index (χ3n) is 3.93. The minimum absolute atomic E-state index is 0.0750. The molecule has 0 unspecified atom stereocenters. The van der Waals surface area contributed by atoms with Crippen LogP contribution in [0, 0.1) is 0 Å². The Bertz CT molecular complexity index is 925. The first-order valence-corrected chi connectivity index (χ1v) is 7.35. The molecule has 0 fully saturated rings. The zero-order valence-electron chi connectivity index (χ0n) is 12.3. The smallest absolute Gasteiger partial charge is 0.204 e. The lowest BCUT2D eigenvalue weighted by molar-refractivity contribution is 0.282. The number of fused-ring (bicyclic) bond motifs is 1. The number of nitrogens with zero attached hydrogens (tertiary/aromatic N) is 4.